The first-order chi connectivity index (χ1) is 14.8. The molecule has 9 heteroatoms. The summed E-state index contributed by atoms with van der Waals surface area (Å²) in [4.78, 5) is 27.2. The van der Waals surface area contributed by atoms with E-state index in [-0.39, 0.29) is 37.3 Å². The Bertz CT molecular complexity index is 1430. The van der Waals surface area contributed by atoms with Crippen LogP contribution in [0.3, 0.4) is 0 Å². The first-order valence-corrected chi connectivity index (χ1v) is 10.9. The van der Waals surface area contributed by atoms with Gasteiger partial charge in [-0.05, 0) is 42.5 Å². The summed E-state index contributed by atoms with van der Waals surface area (Å²) in [5.74, 6) is -1.87. The summed E-state index contributed by atoms with van der Waals surface area (Å²) in [7, 11) is -3.81. The topological polar surface area (TPSA) is 116 Å². The zero-order valence-corrected chi connectivity index (χ0v) is 17.4. The lowest BCUT2D eigenvalue weighted by Crippen LogP contribution is -2.15. The van der Waals surface area contributed by atoms with Gasteiger partial charge in [0, 0.05) is 10.4 Å². The molecule has 31 heavy (non-hydrogen) atoms. The molecule has 0 aliphatic heterocycles. The van der Waals surface area contributed by atoms with E-state index in [1.807, 2.05) is 0 Å². The van der Waals surface area contributed by atoms with E-state index in [0.29, 0.717) is 5.39 Å². The fourth-order valence-corrected chi connectivity index (χ4v) is 4.83. The van der Waals surface area contributed by atoms with Crippen molar-refractivity contribution in [3.8, 4) is 0 Å². The van der Waals surface area contributed by atoms with Crippen molar-refractivity contribution < 1.29 is 23.1 Å². The number of carboxylic acid groups (broad SMARTS) is 1. The van der Waals surface area contributed by atoms with Gasteiger partial charge >= 0.3 is 5.97 Å². The quantitative estimate of drug-likeness (QED) is 0.407. The molecule has 0 unspecified atom stereocenters. The minimum atomic E-state index is -3.81. The number of carbonyl (C=O) groups excluding carboxylic acids is 1. The summed E-state index contributed by atoms with van der Waals surface area (Å²) in [6.07, 6.45) is 0. The second-order valence-electron chi connectivity index (χ2n) is 6.67. The second-order valence-corrected chi connectivity index (χ2v) is 9.02. The van der Waals surface area contributed by atoms with Gasteiger partial charge in [-0.2, -0.15) is 0 Å². The van der Waals surface area contributed by atoms with E-state index >= 15 is 0 Å². The lowest BCUT2D eigenvalue weighted by molar-refractivity contribution is 0.0698. The Kier molecular flexibility index (Phi) is 5.26. The summed E-state index contributed by atoms with van der Waals surface area (Å²) in [5.41, 5.74) is 0.269. The molecule has 3 aromatic carbocycles. The monoisotopic (exact) mass is 454 g/mol. The Morgan fingerprint density at radius 3 is 2.39 bits per heavy atom. The number of fused-ring (bicyclic) bond motifs is 1. The van der Waals surface area contributed by atoms with Crippen LogP contribution < -0.4 is 5.32 Å². The lowest BCUT2D eigenvalue weighted by Gasteiger charge is -2.08. The summed E-state index contributed by atoms with van der Waals surface area (Å²) < 4.78 is 26.1. The summed E-state index contributed by atoms with van der Waals surface area (Å²) in [5, 5.41) is 12.6. The standard InChI is InChI=1S/C22H15ClN2O5S/c23-14-9-10-17(16(12-14)22(27)28)25-21(26)18-11-13-5-4-8-19(20(13)24-18)31(29,30)15-6-2-1-3-7-15/h1-12,24H,(H,25,26)(H,27,28). The third-order valence-electron chi connectivity index (χ3n) is 4.67. The van der Waals surface area contributed by atoms with Crippen LogP contribution in [0.5, 0.6) is 0 Å². The van der Waals surface area contributed by atoms with Gasteiger partial charge < -0.3 is 15.4 Å². The minimum absolute atomic E-state index is 0.0352. The number of sulfone groups is 1. The Labute approximate surface area is 182 Å². The van der Waals surface area contributed by atoms with Crippen LogP contribution in [-0.4, -0.2) is 30.4 Å². The van der Waals surface area contributed by atoms with Gasteiger partial charge in [-0.1, -0.05) is 41.9 Å². The molecular formula is C22H15ClN2O5S. The maximum Gasteiger partial charge on any atom is 0.337 e. The van der Waals surface area contributed by atoms with E-state index in [9.17, 15) is 23.1 Å². The van der Waals surface area contributed by atoms with Gasteiger partial charge in [-0.15, -0.1) is 0 Å². The van der Waals surface area contributed by atoms with Crippen LogP contribution in [0.25, 0.3) is 10.9 Å². The van der Waals surface area contributed by atoms with Crippen molar-refractivity contribution in [2.75, 3.05) is 5.32 Å². The first-order valence-electron chi connectivity index (χ1n) is 9.03. The smallest absolute Gasteiger partial charge is 0.337 e. The van der Waals surface area contributed by atoms with Gasteiger partial charge in [0.05, 0.1) is 26.6 Å². The molecule has 0 saturated carbocycles. The van der Waals surface area contributed by atoms with Gasteiger partial charge in [-0.3, -0.25) is 4.79 Å². The highest BCUT2D eigenvalue weighted by Gasteiger charge is 2.23. The van der Waals surface area contributed by atoms with Crippen LogP contribution in [0.2, 0.25) is 5.02 Å². The molecule has 0 bridgehead atoms. The molecule has 1 heterocycles. The Hall–Kier alpha value is -3.62. The summed E-state index contributed by atoms with van der Waals surface area (Å²) in [6.45, 7) is 0. The van der Waals surface area contributed by atoms with Crippen LogP contribution >= 0.6 is 11.6 Å². The van der Waals surface area contributed by atoms with E-state index in [1.165, 1.54) is 42.5 Å². The van der Waals surface area contributed by atoms with Gasteiger partial charge in [0.2, 0.25) is 9.84 Å². The molecule has 1 aromatic heterocycles. The Morgan fingerprint density at radius 1 is 0.935 bits per heavy atom. The molecule has 0 aliphatic carbocycles. The van der Waals surface area contributed by atoms with Crippen molar-refractivity contribution in [1.82, 2.24) is 4.98 Å². The average molecular weight is 455 g/mol. The molecule has 3 N–H and O–H groups in total. The zero-order chi connectivity index (χ0) is 22.2. The maximum atomic E-state index is 13.1. The highest BCUT2D eigenvalue weighted by molar-refractivity contribution is 7.91. The maximum absolute atomic E-state index is 13.1. The van der Waals surface area contributed by atoms with Gasteiger partial charge in [0.1, 0.15) is 5.69 Å². The summed E-state index contributed by atoms with van der Waals surface area (Å²) >= 11 is 5.84. The molecule has 0 radical (unpaired) electrons. The van der Waals surface area contributed by atoms with Crippen LogP contribution in [0.1, 0.15) is 20.8 Å². The van der Waals surface area contributed by atoms with Gasteiger partial charge in [-0.25, -0.2) is 13.2 Å². The number of aromatic amines is 1. The van der Waals surface area contributed by atoms with Crippen LogP contribution in [0.15, 0.2) is 82.6 Å². The molecule has 4 rings (SSSR count). The zero-order valence-electron chi connectivity index (χ0n) is 15.8. The number of nitrogens with one attached hydrogen (secondary N) is 2. The van der Waals surface area contributed by atoms with Crippen LogP contribution in [0, 0.1) is 0 Å². The van der Waals surface area contributed by atoms with E-state index in [2.05, 4.69) is 10.3 Å². The summed E-state index contributed by atoms with van der Waals surface area (Å²) in [6, 6.07) is 18.3. The normalized spacial score (nSPS) is 11.4. The molecule has 0 spiro atoms. The van der Waals surface area contributed by atoms with Crippen LogP contribution in [-0.2, 0) is 9.84 Å². The van der Waals surface area contributed by atoms with Gasteiger partial charge in [0.25, 0.3) is 5.91 Å². The highest BCUT2D eigenvalue weighted by Crippen LogP contribution is 2.29. The number of carbonyl (C=O) groups is 2. The molecule has 0 atom stereocenters. The Morgan fingerprint density at radius 2 is 1.68 bits per heavy atom. The second kappa shape index (κ2) is 7.90. The number of benzene rings is 3. The van der Waals surface area contributed by atoms with E-state index < -0.39 is 21.7 Å². The van der Waals surface area contributed by atoms with Crippen molar-refractivity contribution in [1.29, 1.82) is 0 Å². The van der Waals surface area contributed by atoms with Crippen molar-refractivity contribution >= 4 is 49.9 Å². The van der Waals surface area contributed by atoms with Crippen molar-refractivity contribution in [2.45, 2.75) is 9.79 Å². The SMILES string of the molecule is O=C(Nc1ccc(Cl)cc1C(=O)O)c1cc2cccc(S(=O)(=O)c3ccccc3)c2[nH]1. The molecule has 0 fully saturated rings. The van der Waals surface area contributed by atoms with E-state index in [0.717, 1.165) is 0 Å². The third-order valence-corrected chi connectivity index (χ3v) is 6.71. The largest absolute Gasteiger partial charge is 0.478 e. The van der Waals surface area contributed by atoms with Crippen molar-refractivity contribution in [2.24, 2.45) is 0 Å². The van der Waals surface area contributed by atoms with Crippen molar-refractivity contribution in [3.05, 3.63) is 89.1 Å². The number of aromatic nitrogens is 1. The fourth-order valence-electron chi connectivity index (χ4n) is 3.19. The third kappa shape index (κ3) is 3.90. The first kappa shape index (κ1) is 20.6. The number of anilines is 1. The number of halogens is 1. The van der Waals surface area contributed by atoms with E-state index in [1.54, 1.807) is 30.3 Å². The van der Waals surface area contributed by atoms with Crippen molar-refractivity contribution in [3.63, 3.8) is 0 Å². The molecule has 7 nitrogen and oxygen atoms in total. The number of hydrogen-bond acceptors (Lipinski definition) is 4. The highest BCUT2D eigenvalue weighted by atomic mass is 35.5. The predicted octanol–water partition coefficient (Wildman–Crippen LogP) is 4.60. The van der Waals surface area contributed by atoms with E-state index in [4.69, 9.17) is 11.6 Å². The molecule has 156 valence electrons. The number of para-hydroxylation sites is 1. The molecular weight excluding hydrogens is 440 g/mol. The molecule has 1 amide bonds. The number of amides is 1. The number of rotatable bonds is 5. The predicted molar refractivity (Wildman–Crippen MR) is 117 cm³/mol. The number of carboxylic acids is 1. The molecule has 0 aliphatic rings. The average Bonchev–Trinajstić information content (AvgIpc) is 3.20. The Balaban J connectivity index is 1.74. The minimum Gasteiger partial charge on any atom is -0.478 e. The number of H-pyrrole nitrogens is 1. The lowest BCUT2D eigenvalue weighted by atomic mass is 10.1. The fraction of sp³-hybridized carbons (Fsp3) is 0. The van der Waals surface area contributed by atoms with Gasteiger partial charge in [0.15, 0.2) is 0 Å². The number of hydrogen-bond donors (Lipinski definition) is 3. The molecule has 4 aromatic rings. The van der Waals surface area contributed by atoms with Crippen LogP contribution in [0.4, 0.5) is 5.69 Å². The number of aromatic carboxylic acids is 1. The molecule has 0 saturated heterocycles.